The van der Waals surface area contributed by atoms with Crippen molar-refractivity contribution in [1.29, 1.82) is 0 Å². The van der Waals surface area contributed by atoms with E-state index in [1.165, 1.54) is 0 Å². The van der Waals surface area contributed by atoms with Crippen molar-refractivity contribution in [3.8, 4) is 11.4 Å². The van der Waals surface area contributed by atoms with Crippen molar-refractivity contribution < 1.29 is 9.84 Å². The Morgan fingerprint density at radius 3 is 2.97 bits per heavy atom. The molecule has 3 N–H and O–H groups in total. The van der Waals surface area contributed by atoms with Crippen molar-refractivity contribution in [3.05, 3.63) is 48.0 Å². The molecule has 9 nitrogen and oxygen atoms in total. The molecule has 9 heteroatoms. The topological polar surface area (TPSA) is 104 Å². The van der Waals surface area contributed by atoms with Gasteiger partial charge >= 0.3 is 0 Å². The molecular formula is C23H27N7O2. The second-order valence-electron chi connectivity index (χ2n) is 8.16. The Morgan fingerprint density at radius 2 is 2.16 bits per heavy atom. The molecule has 1 atom stereocenters. The number of methoxy groups -OCH3 is 1. The van der Waals surface area contributed by atoms with Crippen LogP contribution >= 0.6 is 0 Å². The van der Waals surface area contributed by atoms with Crippen LogP contribution in [0.5, 0.6) is 5.75 Å². The number of imidazole rings is 1. The van der Waals surface area contributed by atoms with Crippen LogP contribution in [0.1, 0.15) is 24.0 Å². The summed E-state index contributed by atoms with van der Waals surface area (Å²) in [5, 5.41) is 14.0. The molecule has 0 aliphatic carbocycles. The number of fused-ring (bicyclic) bond motifs is 1. The van der Waals surface area contributed by atoms with Gasteiger partial charge in [0.05, 0.1) is 37.0 Å². The minimum absolute atomic E-state index is 0.0785. The number of nitrogens with zero attached hydrogens (tertiary/aromatic N) is 5. The number of hydrogen-bond acceptors (Lipinski definition) is 7. The average molecular weight is 434 g/mol. The van der Waals surface area contributed by atoms with Crippen LogP contribution in [-0.2, 0) is 0 Å². The van der Waals surface area contributed by atoms with Crippen LogP contribution in [0.3, 0.4) is 0 Å². The lowest BCUT2D eigenvalue weighted by Crippen LogP contribution is -2.33. The number of aryl methyl sites for hydroxylation is 1. The van der Waals surface area contributed by atoms with Crippen molar-refractivity contribution in [2.75, 3.05) is 30.5 Å². The Balaban J connectivity index is 1.46. The molecule has 0 unspecified atom stereocenters. The standard InChI is InChI=1S/C23H27N7O2/c1-14-9-17(10-19(32-3)15(14)2)29-11-20(25-13-29)26-23-27-21-18(6-7-24-21)22(28-23)30-8-4-5-16(30)12-31/h6-7,9-11,13,16,31H,4-5,8,12H2,1-3H3,(H2,24,26,27,28)/t16-/m0/s1. The van der Waals surface area contributed by atoms with Gasteiger partial charge in [-0.25, -0.2) is 4.98 Å². The van der Waals surface area contributed by atoms with Gasteiger partial charge in [-0.15, -0.1) is 0 Å². The number of aliphatic hydroxyl groups excluding tert-OH is 1. The van der Waals surface area contributed by atoms with Crippen LogP contribution in [0.4, 0.5) is 17.6 Å². The SMILES string of the molecule is COc1cc(-n2cnc(Nc3nc(N4CCC[C@H]4CO)c4cc[nH]c4n3)c2)cc(C)c1C. The highest BCUT2D eigenvalue weighted by molar-refractivity contribution is 5.89. The van der Waals surface area contributed by atoms with Crippen LogP contribution in [0.2, 0.25) is 0 Å². The number of rotatable bonds is 6. The third-order valence-corrected chi connectivity index (χ3v) is 6.20. The molecule has 4 aromatic rings. The van der Waals surface area contributed by atoms with Gasteiger partial charge in [0.1, 0.15) is 23.5 Å². The van der Waals surface area contributed by atoms with Crippen LogP contribution in [0.25, 0.3) is 16.7 Å². The Labute approximate surface area is 186 Å². The van der Waals surface area contributed by atoms with Crippen molar-refractivity contribution in [2.45, 2.75) is 32.7 Å². The number of aromatic amines is 1. The molecule has 0 radical (unpaired) electrons. The van der Waals surface area contributed by atoms with E-state index in [2.05, 4.69) is 38.2 Å². The van der Waals surface area contributed by atoms with Gasteiger partial charge in [0.15, 0.2) is 5.82 Å². The number of aromatic nitrogens is 5. The van der Waals surface area contributed by atoms with E-state index < -0.39 is 0 Å². The highest BCUT2D eigenvalue weighted by atomic mass is 16.5. The van der Waals surface area contributed by atoms with Crippen molar-refractivity contribution >= 4 is 28.6 Å². The molecule has 4 heterocycles. The van der Waals surface area contributed by atoms with E-state index in [9.17, 15) is 5.11 Å². The quantitative estimate of drug-likeness (QED) is 0.428. The first-order valence-electron chi connectivity index (χ1n) is 10.8. The molecule has 3 aromatic heterocycles. The van der Waals surface area contributed by atoms with Crippen LogP contribution < -0.4 is 15.0 Å². The van der Waals surface area contributed by atoms with E-state index in [1.807, 2.05) is 36.0 Å². The van der Waals surface area contributed by atoms with Gasteiger partial charge in [-0.05, 0) is 49.9 Å². The summed E-state index contributed by atoms with van der Waals surface area (Å²) < 4.78 is 7.45. The van der Waals surface area contributed by atoms with Crippen molar-refractivity contribution in [3.63, 3.8) is 0 Å². The predicted octanol–water partition coefficient (Wildman–Crippen LogP) is 3.47. The number of ether oxygens (including phenoxy) is 1. The van der Waals surface area contributed by atoms with Gasteiger partial charge < -0.3 is 29.6 Å². The zero-order valence-corrected chi connectivity index (χ0v) is 18.5. The molecule has 1 saturated heterocycles. The molecule has 1 aliphatic rings. The number of H-pyrrole nitrogens is 1. The minimum atomic E-state index is 0.0785. The zero-order valence-electron chi connectivity index (χ0n) is 18.5. The molecule has 0 amide bonds. The summed E-state index contributed by atoms with van der Waals surface area (Å²) in [5.41, 5.74) is 3.99. The Morgan fingerprint density at radius 1 is 1.28 bits per heavy atom. The number of hydrogen-bond donors (Lipinski definition) is 3. The molecule has 32 heavy (non-hydrogen) atoms. The predicted molar refractivity (Wildman–Crippen MR) is 124 cm³/mol. The number of anilines is 3. The lowest BCUT2D eigenvalue weighted by molar-refractivity contribution is 0.266. The van der Waals surface area contributed by atoms with Crippen LogP contribution in [-0.4, -0.2) is 55.9 Å². The fourth-order valence-electron chi connectivity index (χ4n) is 4.32. The van der Waals surface area contributed by atoms with Gasteiger partial charge in [-0.1, -0.05) is 0 Å². The molecule has 0 saturated carbocycles. The van der Waals surface area contributed by atoms with E-state index in [0.717, 1.165) is 58.8 Å². The van der Waals surface area contributed by atoms with E-state index in [0.29, 0.717) is 11.8 Å². The third kappa shape index (κ3) is 3.54. The maximum absolute atomic E-state index is 9.78. The lowest BCUT2D eigenvalue weighted by atomic mass is 10.1. The number of nitrogens with one attached hydrogen (secondary N) is 2. The van der Waals surface area contributed by atoms with Crippen LogP contribution in [0.15, 0.2) is 36.9 Å². The highest BCUT2D eigenvalue weighted by Gasteiger charge is 2.27. The zero-order chi connectivity index (χ0) is 22.2. The molecule has 0 bridgehead atoms. The van der Waals surface area contributed by atoms with Gasteiger partial charge in [0, 0.05) is 18.8 Å². The molecule has 1 fully saturated rings. The summed E-state index contributed by atoms with van der Waals surface area (Å²) in [6.45, 7) is 5.09. The maximum atomic E-state index is 9.78. The highest BCUT2D eigenvalue weighted by Crippen LogP contribution is 2.31. The van der Waals surface area contributed by atoms with Gasteiger partial charge in [0.2, 0.25) is 5.95 Å². The van der Waals surface area contributed by atoms with E-state index in [1.54, 1.807) is 13.4 Å². The summed E-state index contributed by atoms with van der Waals surface area (Å²) in [7, 11) is 1.68. The fourth-order valence-corrected chi connectivity index (χ4v) is 4.32. The smallest absolute Gasteiger partial charge is 0.232 e. The first-order valence-corrected chi connectivity index (χ1v) is 10.8. The molecule has 5 rings (SSSR count). The molecule has 166 valence electrons. The molecule has 1 aromatic carbocycles. The molecular weight excluding hydrogens is 406 g/mol. The normalized spacial score (nSPS) is 16.1. The maximum Gasteiger partial charge on any atom is 0.232 e. The van der Waals surface area contributed by atoms with E-state index in [-0.39, 0.29) is 12.6 Å². The Bertz CT molecular complexity index is 1260. The van der Waals surface area contributed by atoms with Gasteiger partial charge in [-0.2, -0.15) is 9.97 Å². The van der Waals surface area contributed by atoms with E-state index >= 15 is 0 Å². The molecule has 0 spiro atoms. The largest absolute Gasteiger partial charge is 0.496 e. The first-order chi connectivity index (χ1) is 15.6. The second kappa shape index (κ2) is 8.16. The van der Waals surface area contributed by atoms with Crippen molar-refractivity contribution in [2.24, 2.45) is 0 Å². The summed E-state index contributed by atoms with van der Waals surface area (Å²) in [6, 6.07) is 6.15. The Hall–Kier alpha value is -3.59. The minimum Gasteiger partial charge on any atom is -0.496 e. The Kier molecular flexibility index (Phi) is 5.18. The molecule has 1 aliphatic heterocycles. The van der Waals surface area contributed by atoms with E-state index in [4.69, 9.17) is 9.72 Å². The summed E-state index contributed by atoms with van der Waals surface area (Å²) in [6.07, 6.45) is 7.51. The average Bonchev–Trinajstić information content (AvgIpc) is 3.55. The number of aliphatic hydroxyl groups is 1. The summed E-state index contributed by atoms with van der Waals surface area (Å²) >= 11 is 0. The lowest BCUT2D eigenvalue weighted by Gasteiger charge is -2.25. The van der Waals surface area contributed by atoms with Crippen molar-refractivity contribution in [1.82, 2.24) is 24.5 Å². The summed E-state index contributed by atoms with van der Waals surface area (Å²) in [5.74, 6) is 2.77. The second-order valence-corrected chi connectivity index (χ2v) is 8.16. The van der Waals surface area contributed by atoms with Crippen LogP contribution in [0, 0.1) is 13.8 Å². The number of benzene rings is 1. The first kappa shape index (κ1) is 20.3. The summed E-state index contributed by atoms with van der Waals surface area (Å²) in [4.78, 5) is 19.2. The monoisotopic (exact) mass is 433 g/mol. The van der Waals surface area contributed by atoms with Gasteiger partial charge in [-0.3, -0.25) is 0 Å². The third-order valence-electron chi connectivity index (χ3n) is 6.20. The van der Waals surface area contributed by atoms with Gasteiger partial charge in [0.25, 0.3) is 0 Å². The fraction of sp³-hybridized carbons (Fsp3) is 0.348.